The Labute approximate surface area is 129 Å². The molecule has 0 unspecified atom stereocenters. The first-order valence-corrected chi connectivity index (χ1v) is 7.60. The lowest BCUT2D eigenvalue weighted by molar-refractivity contribution is 0.0731. The largest absolute Gasteiger partial charge is 0.381 e. The number of carbonyl (C=O) groups is 1. The third kappa shape index (κ3) is 3.17. The van der Waals surface area contributed by atoms with Crippen LogP contribution in [0.15, 0.2) is 36.9 Å². The second-order valence-electron chi connectivity index (χ2n) is 5.46. The molecule has 22 heavy (non-hydrogen) atoms. The van der Waals surface area contributed by atoms with Crippen molar-refractivity contribution >= 4 is 5.91 Å². The van der Waals surface area contributed by atoms with Gasteiger partial charge in [0.05, 0.1) is 12.3 Å². The van der Waals surface area contributed by atoms with E-state index in [4.69, 9.17) is 4.74 Å². The van der Waals surface area contributed by atoms with Crippen LogP contribution in [0.25, 0.3) is 5.69 Å². The van der Waals surface area contributed by atoms with E-state index in [1.807, 2.05) is 36.1 Å². The van der Waals surface area contributed by atoms with E-state index in [0.717, 1.165) is 31.9 Å². The molecule has 6 heteroatoms. The lowest BCUT2D eigenvalue weighted by atomic mass is 10.1. The molecule has 1 aromatic heterocycles. The van der Waals surface area contributed by atoms with Crippen molar-refractivity contribution in [3.05, 3.63) is 42.5 Å². The Bertz CT molecular complexity index is 604. The smallest absolute Gasteiger partial charge is 0.253 e. The van der Waals surface area contributed by atoms with E-state index in [1.165, 1.54) is 6.33 Å². The van der Waals surface area contributed by atoms with E-state index >= 15 is 0 Å². The molecule has 1 atom stereocenters. The molecule has 1 aliphatic heterocycles. The number of benzene rings is 1. The van der Waals surface area contributed by atoms with Crippen molar-refractivity contribution in [1.82, 2.24) is 19.7 Å². The minimum Gasteiger partial charge on any atom is -0.381 e. The highest BCUT2D eigenvalue weighted by atomic mass is 16.5. The lowest BCUT2D eigenvalue weighted by Gasteiger charge is -2.23. The second-order valence-corrected chi connectivity index (χ2v) is 5.46. The first-order chi connectivity index (χ1) is 10.8. The van der Waals surface area contributed by atoms with Crippen LogP contribution in [0.1, 0.15) is 23.7 Å². The van der Waals surface area contributed by atoms with Gasteiger partial charge >= 0.3 is 0 Å². The topological polar surface area (TPSA) is 60.2 Å². The van der Waals surface area contributed by atoms with Gasteiger partial charge in [-0.25, -0.2) is 9.67 Å². The number of nitrogens with zero attached hydrogens (tertiary/aromatic N) is 4. The highest BCUT2D eigenvalue weighted by Gasteiger charge is 2.22. The van der Waals surface area contributed by atoms with Crippen molar-refractivity contribution in [2.75, 3.05) is 26.3 Å². The van der Waals surface area contributed by atoms with Crippen LogP contribution in [-0.4, -0.2) is 51.9 Å². The second kappa shape index (κ2) is 6.70. The molecule has 2 aromatic rings. The summed E-state index contributed by atoms with van der Waals surface area (Å²) in [5.74, 6) is 0.526. The van der Waals surface area contributed by atoms with E-state index in [2.05, 4.69) is 10.1 Å². The van der Waals surface area contributed by atoms with E-state index in [0.29, 0.717) is 18.0 Å². The number of hydrogen-bond donors (Lipinski definition) is 0. The SMILES string of the molecule is CCN(C[C@@H]1CCOC1)C(=O)c1ccc(-n2cncn2)cc1. The summed E-state index contributed by atoms with van der Waals surface area (Å²) in [7, 11) is 0. The van der Waals surface area contributed by atoms with E-state index in [-0.39, 0.29) is 5.91 Å². The standard InChI is InChI=1S/C16H20N4O2/c1-2-19(9-13-7-8-22-10-13)16(21)14-3-5-15(6-4-14)20-12-17-11-18-20/h3-6,11-13H,2,7-10H2,1H3/t13-/m0/s1. The highest BCUT2D eigenvalue weighted by molar-refractivity contribution is 5.94. The molecule has 3 rings (SSSR count). The fraction of sp³-hybridized carbons (Fsp3) is 0.438. The molecule has 1 saturated heterocycles. The Hall–Kier alpha value is -2.21. The zero-order valence-corrected chi connectivity index (χ0v) is 12.7. The molecule has 6 nitrogen and oxygen atoms in total. The molecular formula is C16H20N4O2. The van der Waals surface area contributed by atoms with Crippen molar-refractivity contribution in [2.45, 2.75) is 13.3 Å². The molecule has 0 spiro atoms. The maximum atomic E-state index is 12.6. The maximum Gasteiger partial charge on any atom is 0.253 e. The predicted octanol–water partition coefficient (Wildman–Crippen LogP) is 1.77. The molecule has 116 valence electrons. The number of ether oxygens (including phenoxy) is 1. The fourth-order valence-electron chi connectivity index (χ4n) is 2.68. The van der Waals surface area contributed by atoms with Gasteiger partial charge in [-0.2, -0.15) is 5.10 Å². The minimum absolute atomic E-state index is 0.0690. The molecule has 1 aromatic carbocycles. The molecule has 0 saturated carbocycles. The van der Waals surface area contributed by atoms with Crippen molar-refractivity contribution in [2.24, 2.45) is 5.92 Å². The summed E-state index contributed by atoms with van der Waals surface area (Å²) in [6.07, 6.45) is 4.16. The van der Waals surface area contributed by atoms with Gasteiger partial charge in [0.2, 0.25) is 0 Å². The zero-order valence-electron chi connectivity index (χ0n) is 12.7. The molecule has 0 aliphatic carbocycles. The van der Waals surface area contributed by atoms with Crippen molar-refractivity contribution in [1.29, 1.82) is 0 Å². The summed E-state index contributed by atoms with van der Waals surface area (Å²) < 4.78 is 7.06. The summed E-state index contributed by atoms with van der Waals surface area (Å²) >= 11 is 0. The third-order valence-corrected chi connectivity index (χ3v) is 3.97. The molecule has 1 fully saturated rings. The van der Waals surface area contributed by atoms with Gasteiger partial charge in [0.1, 0.15) is 12.7 Å². The summed E-state index contributed by atoms with van der Waals surface area (Å²) in [5.41, 5.74) is 1.59. The van der Waals surface area contributed by atoms with Crippen molar-refractivity contribution in [3.63, 3.8) is 0 Å². The first kappa shape index (κ1) is 14.7. The lowest BCUT2D eigenvalue weighted by Crippen LogP contribution is -2.35. The average Bonchev–Trinajstić information content (AvgIpc) is 3.25. The van der Waals surface area contributed by atoms with Crippen molar-refractivity contribution < 1.29 is 9.53 Å². The van der Waals surface area contributed by atoms with E-state index < -0.39 is 0 Å². The number of rotatable bonds is 5. The molecule has 1 aliphatic rings. The Morgan fingerprint density at radius 3 is 2.82 bits per heavy atom. The quantitative estimate of drug-likeness (QED) is 0.844. The molecule has 1 amide bonds. The van der Waals surface area contributed by atoms with Crippen LogP contribution < -0.4 is 0 Å². The van der Waals surface area contributed by atoms with Crippen LogP contribution in [0.3, 0.4) is 0 Å². The highest BCUT2D eigenvalue weighted by Crippen LogP contribution is 2.16. The third-order valence-electron chi connectivity index (χ3n) is 3.97. The van der Waals surface area contributed by atoms with Gasteiger partial charge in [0.25, 0.3) is 5.91 Å². The summed E-state index contributed by atoms with van der Waals surface area (Å²) in [6.45, 7) is 5.05. The van der Waals surface area contributed by atoms with Gasteiger partial charge in [-0.3, -0.25) is 4.79 Å². The van der Waals surface area contributed by atoms with Crippen molar-refractivity contribution in [3.8, 4) is 5.69 Å². The Kier molecular flexibility index (Phi) is 4.48. The number of aromatic nitrogens is 3. The van der Waals surface area contributed by atoms with Gasteiger partial charge in [-0.1, -0.05) is 0 Å². The number of hydrogen-bond acceptors (Lipinski definition) is 4. The van der Waals surface area contributed by atoms with E-state index in [1.54, 1.807) is 11.0 Å². The molecule has 0 radical (unpaired) electrons. The summed E-state index contributed by atoms with van der Waals surface area (Å²) in [6, 6.07) is 7.45. The Morgan fingerprint density at radius 2 is 2.23 bits per heavy atom. The number of amides is 1. The number of carbonyl (C=O) groups excluding carboxylic acids is 1. The van der Waals surface area contributed by atoms with Crippen LogP contribution in [0, 0.1) is 5.92 Å². The Morgan fingerprint density at radius 1 is 1.41 bits per heavy atom. The zero-order chi connectivity index (χ0) is 15.4. The van der Waals surface area contributed by atoms with E-state index in [9.17, 15) is 4.79 Å². The molecular weight excluding hydrogens is 280 g/mol. The van der Waals surface area contributed by atoms with Crippen LogP contribution in [0.5, 0.6) is 0 Å². The minimum atomic E-state index is 0.0690. The predicted molar refractivity (Wildman–Crippen MR) is 81.9 cm³/mol. The van der Waals surface area contributed by atoms with Crippen LogP contribution in [0.4, 0.5) is 0 Å². The van der Waals surface area contributed by atoms with Gasteiger partial charge in [-0.05, 0) is 37.6 Å². The van der Waals surface area contributed by atoms with Gasteiger partial charge < -0.3 is 9.64 Å². The molecule has 0 bridgehead atoms. The average molecular weight is 300 g/mol. The van der Waals surface area contributed by atoms with Gasteiger partial charge in [0, 0.05) is 31.2 Å². The first-order valence-electron chi connectivity index (χ1n) is 7.60. The fourth-order valence-corrected chi connectivity index (χ4v) is 2.68. The van der Waals surface area contributed by atoms with Crippen LogP contribution >= 0.6 is 0 Å². The van der Waals surface area contributed by atoms with Crippen LogP contribution in [-0.2, 0) is 4.74 Å². The van der Waals surface area contributed by atoms with Crippen LogP contribution in [0.2, 0.25) is 0 Å². The monoisotopic (exact) mass is 300 g/mol. The van der Waals surface area contributed by atoms with Gasteiger partial charge in [0.15, 0.2) is 0 Å². The maximum absolute atomic E-state index is 12.6. The van der Waals surface area contributed by atoms with Gasteiger partial charge in [-0.15, -0.1) is 0 Å². The normalized spacial score (nSPS) is 17.6. The summed E-state index contributed by atoms with van der Waals surface area (Å²) in [5, 5.41) is 4.08. The molecule has 2 heterocycles. The summed E-state index contributed by atoms with van der Waals surface area (Å²) in [4.78, 5) is 18.4. The molecule has 0 N–H and O–H groups in total. The Balaban J connectivity index is 1.70.